The van der Waals surface area contributed by atoms with Gasteiger partial charge in [-0.25, -0.2) is 0 Å². The van der Waals surface area contributed by atoms with E-state index in [9.17, 15) is 0 Å². The molecule has 0 radical (unpaired) electrons. The van der Waals surface area contributed by atoms with Gasteiger partial charge in [-0.05, 0) is 62.0 Å². The lowest BCUT2D eigenvalue weighted by atomic mass is 9.83. The van der Waals surface area contributed by atoms with Crippen molar-refractivity contribution in [3.05, 3.63) is 24.2 Å². The summed E-state index contributed by atoms with van der Waals surface area (Å²) < 4.78 is 5.38. The van der Waals surface area contributed by atoms with Gasteiger partial charge in [0.25, 0.3) is 0 Å². The maximum Gasteiger partial charge on any atom is 0.103 e. The molecule has 0 aliphatic heterocycles. The highest BCUT2D eigenvalue weighted by molar-refractivity contribution is 4.99. The lowest BCUT2D eigenvalue weighted by molar-refractivity contribution is 0.270. The largest absolute Gasteiger partial charge is 0.469 e. The van der Waals surface area contributed by atoms with Crippen LogP contribution in [0.25, 0.3) is 0 Å². The molecule has 0 aromatic carbocycles. The molecule has 0 saturated heterocycles. The third-order valence-corrected chi connectivity index (χ3v) is 5.03. The minimum Gasteiger partial charge on any atom is -0.469 e. The number of nitrogens with one attached hydrogen (secondary N) is 1. The summed E-state index contributed by atoms with van der Waals surface area (Å²) in [6.45, 7) is 0. The zero-order valence-electron chi connectivity index (χ0n) is 11.0. The van der Waals surface area contributed by atoms with E-state index < -0.39 is 0 Å². The molecule has 2 fully saturated rings. The molecule has 4 unspecified atom stereocenters. The Labute approximate surface area is 109 Å². The lowest BCUT2D eigenvalue weighted by Gasteiger charge is -2.26. The first kappa shape index (κ1) is 12.2. The summed E-state index contributed by atoms with van der Waals surface area (Å²) in [5, 5.41) is 0. The highest BCUT2D eigenvalue weighted by Gasteiger charge is 2.39. The van der Waals surface area contributed by atoms with Gasteiger partial charge in [-0.1, -0.05) is 6.42 Å². The minimum absolute atomic E-state index is 0.444. The fraction of sp³-hybridized carbons (Fsp3) is 0.733. The number of rotatable bonds is 6. The van der Waals surface area contributed by atoms with Gasteiger partial charge in [-0.15, -0.1) is 0 Å². The third kappa shape index (κ3) is 2.62. The molecule has 3 heteroatoms. The van der Waals surface area contributed by atoms with Crippen LogP contribution in [0.2, 0.25) is 0 Å². The Balaban J connectivity index is 1.47. The van der Waals surface area contributed by atoms with Gasteiger partial charge in [-0.3, -0.25) is 11.3 Å². The normalized spacial score (nSPS) is 31.9. The van der Waals surface area contributed by atoms with Crippen LogP contribution in [-0.4, -0.2) is 6.04 Å². The van der Waals surface area contributed by atoms with Crippen LogP contribution in [0.5, 0.6) is 0 Å². The van der Waals surface area contributed by atoms with Crippen LogP contribution in [0.1, 0.15) is 44.3 Å². The average Bonchev–Trinajstić information content (AvgIpc) is 3.10. The van der Waals surface area contributed by atoms with Crippen molar-refractivity contribution in [3.63, 3.8) is 0 Å². The topological polar surface area (TPSA) is 51.2 Å². The van der Waals surface area contributed by atoms with Crippen molar-refractivity contribution in [2.75, 3.05) is 0 Å². The maximum atomic E-state index is 5.71. The molecule has 2 aliphatic carbocycles. The van der Waals surface area contributed by atoms with Gasteiger partial charge in [0.05, 0.1) is 6.26 Å². The van der Waals surface area contributed by atoms with Gasteiger partial charge in [0.15, 0.2) is 0 Å². The molecule has 2 bridgehead atoms. The quantitative estimate of drug-likeness (QED) is 0.601. The summed E-state index contributed by atoms with van der Waals surface area (Å²) in [6, 6.07) is 4.45. The van der Waals surface area contributed by atoms with E-state index in [0.717, 1.165) is 36.4 Å². The molecule has 18 heavy (non-hydrogen) atoms. The summed E-state index contributed by atoms with van der Waals surface area (Å²) in [7, 11) is 0. The van der Waals surface area contributed by atoms with Crippen LogP contribution >= 0.6 is 0 Å². The molecule has 1 aromatic rings. The SMILES string of the molecule is NNC(CCc1ccco1)CC1CC2CCC1C2. The monoisotopic (exact) mass is 248 g/mol. The molecule has 3 N–H and O–H groups in total. The van der Waals surface area contributed by atoms with Gasteiger partial charge in [0.1, 0.15) is 5.76 Å². The number of fused-ring (bicyclic) bond motifs is 2. The Bertz CT molecular complexity index is 363. The molecule has 100 valence electrons. The summed E-state index contributed by atoms with van der Waals surface area (Å²) in [6.07, 6.45) is 10.9. The van der Waals surface area contributed by atoms with Gasteiger partial charge < -0.3 is 4.42 Å². The minimum atomic E-state index is 0.444. The number of aryl methyl sites for hydroxylation is 1. The van der Waals surface area contributed by atoms with E-state index in [2.05, 4.69) is 5.43 Å². The first-order valence-electron chi connectivity index (χ1n) is 7.33. The maximum absolute atomic E-state index is 5.71. The predicted molar refractivity (Wildman–Crippen MR) is 71.7 cm³/mol. The van der Waals surface area contributed by atoms with Crippen molar-refractivity contribution in [2.45, 2.75) is 51.0 Å². The zero-order valence-corrected chi connectivity index (χ0v) is 11.0. The second-order valence-corrected chi connectivity index (χ2v) is 6.15. The number of hydrazine groups is 1. The second-order valence-electron chi connectivity index (χ2n) is 6.15. The van der Waals surface area contributed by atoms with Gasteiger partial charge in [0.2, 0.25) is 0 Å². The first-order chi connectivity index (χ1) is 8.85. The van der Waals surface area contributed by atoms with Crippen molar-refractivity contribution in [1.29, 1.82) is 0 Å². The molecule has 0 amide bonds. The molecule has 3 nitrogen and oxygen atoms in total. The van der Waals surface area contributed by atoms with Crippen LogP contribution < -0.4 is 11.3 Å². The molecule has 2 aliphatic rings. The molecule has 3 rings (SSSR count). The van der Waals surface area contributed by atoms with Gasteiger partial charge in [-0.2, -0.15) is 0 Å². The Morgan fingerprint density at radius 2 is 2.33 bits per heavy atom. The van der Waals surface area contributed by atoms with Crippen molar-refractivity contribution < 1.29 is 4.42 Å². The van der Waals surface area contributed by atoms with Crippen molar-refractivity contribution in [1.82, 2.24) is 5.43 Å². The molecular formula is C15H24N2O. The molecule has 0 spiro atoms. The van der Waals surface area contributed by atoms with Crippen LogP contribution in [0.3, 0.4) is 0 Å². The molecule has 1 heterocycles. The lowest BCUT2D eigenvalue weighted by Crippen LogP contribution is -2.37. The molecular weight excluding hydrogens is 224 g/mol. The number of hydrogen-bond donors (Lipinski definition) is 2. The summed E-state index contributed by atoms with van der Waals surface area (Å²) in [4.78, 5) is 0. The van der Waals surface area contributed by atoms with Crippen molar-refractivity contribution >= 4 is 0 Å². The fourth-order valence-electron chi connectivity index (χ4n) is 4.07. The van der Waals surface area contributed by atoms with E-state index in [-0.39, 0.29) is 0 Å². The van der Waals surface area contributed by atoms with Crippen LogP contribution in [0.4, 0.5) is 0 Å². The Morgan fingerprint density at radius 1 is 1.39 bits per heavy atom. The smallest absolute Gasteiger partial charge is 0.103 e. The van der Waals surface area contributed by atoms with Crippen LogP contribution in [0.15, 0.2) is 22.8 Å². The molecule has 2 saturated carbocycles. The van der Waals surface area contributed by atoms with Crippen molar-refractivity contribution in [2.24, 2.45) is 23.6 Å². The Morgan fingerprint density at radius 3 is 2.94 bits per heavy atom. The predicted octanol–water partition coefficient (Wildman–Crippen LogP) is 2.87. The number of nitrogens with two attached hydrogens (primary N) is 1. The highest BCUT2D eigenvalue weighted by Crippen LogP contribution is 2.49. The van der Waals surface area contributed by atoms with E-state index in [1.165, 1.54) is 32.1 Å². The van der Waals surface area contributed by atoms with E-state index in [0.29, 0.717) is 6.04 Å². The third-order valence-electron chi connectivity index (χ3n) is 5.03. The standard InChI is InChI=1S/C15H24N2O/c16-17-14(5-6-15-2-1-7-18-15)10-13-9-11-3-4-12(13)8-11/h1-2,7,11-14,17H,3-6,8-10,16H2. The fourth-order valence-corrected chi connectivity index (χ4v) is 4.07. The van der Waals surface area contributed by atoms with E-state index in [1.807, 2.05) is 12.1 Å². The molecule has 4 atom stereocenters. The van der Waals surface area contributed by atoms with Crippen LogP contribution in [0, 0.1) is 17.8 Å². The van der Waals surface area contributed by atoms with E-state index >= 15 is 0 Å². The van der Waals surface area contributed by atoms with Crippen molar-refractivity contribution in [3.8, 4) is 0 Å². The first-order valence-corrected chi connectivity index (χ1v) is 7.33. The second kappa shape index (κ2) is 5.45. The highest BCUT2D eigenvalue weighted by atomic mass is 16.3. The summed E-state index contributed by atoms with van der Waals surface area (Å²) >= 11 is 0. The Kier molecular flexibility index (Phi) is 3.71. The van der Waals surface area contributed by atoms with Gasteiger partial charge >= 0.3 is 0 Å². The van der Waals surface area contributed by atoms with E-state index in [1.54, 1.807) is 6.26 Å². The Hall–Kier alpha value is -0.800. The van der Waals surface area contributed by atoms with Gasteiger partial charge in [0, 0.05) is 12.5 Å². The number of furan rings is 1. The average molecular weight is 248 g/mol. The summed E-state index contributed by atoms with van der Waals surface area (Å²) in [5.41, 5.74) is 3.01. The van der Waals surface area contributed by atoms with Crippen LogP contribution in [-0.2, 0) is 6.42 Å². The summed E-state index contributed by atoms with van der Waals surface area (Å²) in [5.74, 6) is 9.72. The zero-order chi connectivity index (χ0) is 12.4. The molecule has 1 aromatic heterocycles. The van der Waals surface area contributed by atoms with E-state index in [4.69, 9.17) is 10.3 Å². The number of hydrogen-bond acceptors (Lipinski definition) is 3.